The van der Waals surface area contributed by atoms with Gasteiger partial charge in [0.05, 0.1) is 5.75 Å². The van der Waals surface area contributed by atoms with Crippen LogP contribution in [0.3, 0.4) is 0 Å². The van der Waals surface area contributed by atoms with Crippen LogP contribution in [0.1, 0.15) is 32.1 Å². The third-order valence-electron chi connectivity index (χ3n) is 3.19. The standard InChI is InChI=1S/C13H20N2O3S/c1-2-9-19-10-8-14-12(18)15-13(11(16)17)6-4-3-5-7-13/h1H,3-10H2,(H,16,17)(H2,14,15,18). The minimum atomic E-state index is -1.09. The molecule has 6 heteroatoms. The molecule has 3 N–H and O–H groups in total. The van der Waals surface area contributed by atoms with Gasteiger partial charge in [0, 0.05) is 12.3 Å². The number of hydrogen-bond acceptors (Lipinski definition) is 3. The topological polar surface area (TPSA) is 78.4 Å². The highest BCUT2D eigenvalue weighted by Crippen LogP contribution is 2.28. The number of aliphatic carboxylic acids is 1. The summed E-state index contributed by atoms with van der Waals surface area (Å²) in [7, 11) is 0. The summed E-state index contributed by atoms with van der Waals surface area (Å²) < 4.78 is 0. The Labute approximate surface area is 117 Å². The number of carboxylic acid groups (broad SMARTS) is 1. The molecule has 0 aliphatic heterocycles. The molecule has 0 heterocycles. The van der Waals surface area contributed by atoms with Crippen LogP contribution in [-0.2, 0) is 4.79 Å². The summed E-state index contributed by atoms with van der Waals surface area (Å²) in [5, 5.41) is 14.6. The maximum Gasteiger partial charge on any atom is 0.329 e. The van der Waals surface area contributed by atoms with Crippen molar-refractivity contribution in [2.75, 3.05) is 18.1 Å². The Bertz CT molecular complexity index is 359. The van der Waals surface area contributed by atoms with Gasteiger partial charge in [-0.25, -0.2) is 9.59 Å². The van der Waals surface area contributed by atoms with E-state index < -0.39 is 17.5 Å². The smallest absolute Gasteiger partial charge is 0.329 e. The summed E-state index contributed by atoms with van der Waals surface area (Å²) in [4.78, 5) is 23.1. The average molecular weight is 284 g/mol. The fourth-order valence-corrected chi connectivity index (χ4v) is 2.69. The number of carbonyl (C=O) groups excluding carboxylic acids is 1. The summed E-state index contributed by atoms with van der Waals surface area (Å²) >= 11 is 1.55. The van der Waals surface area contributed by atoms with Crippen molar-refractivity contribution in [2.45, 2.75) is 37.6 Å². The molecule has 0 saturated heterocycles. The van der Waals surface area contributed by atoms with E-state index in [-0.39, 0.29) is 0 Å². The SMILES string of the molecule is C#CCSCCNC(=O)NC1(C(=O)O)CCCCC1. The van der Waals surface area contributed by atoms with Crippen LogP contribution in [0, 0.1) is 12.3 Å². The first-order chi connectivity index (χ1) is 9.10. The van der Waals surface area contributed by atoms with Crippen molar-refractivity contribution >= 4 is 23.8 Å². The molecule has 0 aromatic heterocycles. The number of carboxylic acids is 1. The molecular formula is C13H20N2O3S. The van der Waals surface area contributed by atoms with Crippen LogP contribution in [0.4, 0.5) is 4.79 Å². The van der Waals surface area contributed by atoms with E-state index in [2.05, 4.69) is 16.6 Å². The number of nitrogens with one attached hydrogen (secondary N) is 2. The zero-order valence-electron chi connectivity index (χ0n) is 10.9. The second-order valence-electron chi connectivity index (χ2n) is 4.59. The average Bonchev–Trinajstić information content (AvgIpc) is 2.39. The van der Waals surface area contributed by atoms with Crippen molar-refractivity contribution in [3.63, 3.8) is 0 Å². The highest BCUT2D eigenvalue weighted by atomic mass is 32.2. The van der Waals surface area contributed by atoms with Crippen molar-refractivity contribution in [1.82, 2.24) is 10.6 Å². The number of thioether (sulfide) groups is 1. The summed E-state index contributed by atoms with van der Waals surface area (Å²) in [6, 6.07) is -0.411. The molecule has 19 heavy (non-hydrogen) atoms. The van der Waals surface area contributed by atoms with E-state index in [0.717, 1.165) is 25.0 Å². The summed E-state index contributed by atoms with van der Waals surface area (Å²) in [5.41, 5.74) is -1.09. The van der Waals surface area contributed by atoms with Gasteiger partial charge in [-0.2, -0.15) is 0 Å². The Morgan fingerprint density at radius 3 is 2.58 bits per heavy atom. The van der Waals surface area contributed by atoms with E-state index in [1.165, 1.54) is 0 Å². The second-order valence-corrected chi connectivity index (χ2v) is 5.69. The lowest BCUT2D eigenvalue weighted by Crippen LogP contribution is -2.58. The van der Waals surface area contributed by atoms with Crippen LogP contribution in [0.5, 0.6) is 0 Å². The molecule has 1 aliphatic carbocycles. The lowest BCUT2D eigenvalue weighted by atomic mass is 9.82. The molecule has 0 atom stereocenters. The van der Waals surface area contributed by atoms with Gasteiger partial charge in [0.25, 0.3) is 0 Å². The predicted octanol–water partition coefficient (Wildman–Crippen LogP) is 1.44. The van der Waals surface area contributed by atoms with Gasteiger partial charge in [-0.15, -0.1) is 18.2 Å². The molecule has 1 rings (SSSR count). The van der Waals surface area contributed by atoms with Crippen molar-refractivity contribution in [1.29, 1.82) is 0 Å². The zero-order valence-corrected chi connectivity index (χ0v) is 11.7. The van der Waals surface area contributed by atoms with Gasteiger partial charge in [0.1, 0.15) is 5.54 Å². The number of amides is 2. The highest BCUT2D eigenvalue weighted by Gasteiger charge is 2.40. The predicted molar refractivity (Wildman–Crippen MR) is 76.1 cm³/mol. The van der Waals surface area contributed by atoms with Gasteiger partial charge < -0.3 is 15.7 Å². The van der Waals surface area contributed by atoms with Gasteiger partial charge >= 0.3 is 12.0 Å². The zero-order chi connectivity index (χ0) is 14.1. The molecule has 0 spiro atoms. The molecule has 0 unspecified atom stereocenters. The van der Waals surface area contributed by atoms with Gasteiger partial charge in [0.15, 0.2) is 0 Å². The number of urea groups is 1. The number of carbonyl (C=O) groups is 2. The van der Waals surface area contributed by atoms with E-state index in [0.29, 0.717) is 25.1 Å². The van der Waals surface area contributed by atoms with Gasteiger partial charge in [-0.3, -0.25) is 0 Å². The van der Waals surface area contributed by atoms with Gasteiger partial charge in [-0.1, -0.05) is 25.2 Å². The lowest BCUT2D eigenvalue weighted by Gasteiger charge is -2.33. The van der Waals surface area contributed by atoms with E-state index >= 15 is 0 Å². The van der Waals surface area contributed by atoms with Crippen molar-refractivity contribution in [3.05, 3.63) is 0 Å². The lowest BCUT2D eigenvalue weighted by molar-refractivity contribution is -0.145. The van der Waals surface area contributed by atoms with E-state index in [1.807, 2.05) is 0 Å². The maximum atomic E-state index is 11.7. The van der Waals surface area contributed by atoms with Crippen LogP contribution in [0.2, 0.25) is 0 Å². The first-order valence-electron chi connectivity index (χ1n) is 6.41. The van der Waals surface area contributed by atoms with Crippen LogP contribution in [0.25, 0.3) is 0 Å². The summed E-state index contributed by atoms with van der Waals surface area (Å²) in [5.74, 6) is 2.89. The molecule has 1 aliphatic rings. The van der Waals surface area contributed by atoms with E-state index in [9.17, 15) is 14.7 Å². The van der Waals surface area contributed by atoms with E-state index in [1.54, 1.807) is 11.8 Å². The number of terminal acetylenes is 1. The first kappa shape index (κ1) is 15.7. The molecular weight excluding hydrogens is 264 g/mol. The quantitative estimate of drug-likeness (QED) is 0.509. The Hall–Kier alpha value is -1.35. The Kier molecular flexibility index (Phi) is 6.57. The van der Waals surface area contributed by atoms with Crippen molar-refractivity contribution in [2.24, 2.45) is 0 Å². The summed E-state index contributed by atoms with van der Waals surface area (Å²) in [6.45, 7) is 0.480. The largest absolute Gasteiger partial charge is 0.480 e. The van der Waals surface area contributed by atoms with Crippen LogP contribution in [0.15, 0.2) is 0 Å². The molecule has 2 amide bonds. The Morgan fingerprint density at radius 1 is 1.32 bits per heavy atom. The first-order valence-corrected chi connectivity index (χ1v) is 7.57. The van der Waals surface area contributed by atoms with Crippen LogP contribution < -0.4 is 10.6 Å². The minimum Gasteiger partial charge on any atom is -0.480 e. The number of hydrogen-bond donors (Lipinski definition) is 3. The monoisotopic (exact) mass is 284 g/mol. The maximum absolute atomic E-state index is 11.7. The minimum absolute atomic E-state index is 0.411. The Balaban J connectivity index is 2.36. The van der Waals surface area contributed by atoms with Crippen molar-refractivity contribution in [3.8, 4) is 12.3 Å². The molecule has 0 aromatic carbocycles. The van der Waals surface area contributed by atoms with Crippen molar-refractivity contribution < 1.29 is 14.7 Å². The fourth-order valence-electron chi connectivity index (χ4n) is 2.18. The Morgan fingerprint density at radius 2 is 2.00 bits per heavy atom. The summed E-state index contributed by atoms with van der Waals surface area (Å²) in [6.07, 6.45) is 8.82. The molecule has 0 aromatic rings. The molecule has 0 radical (unpaired) electrons. The fraction of sp³-hybridized carbons (Fsp3) is 0.692. The third-order valence-corrected chi connectivity index (χ3v) is 4.05. The molecule has 1 saturated carbocycles. The molecule has 5 nitrogen and oxygen atoms in total. The van der Waals surface area contributed by atoms with Gasteiger partial charge in [-0.05, 0) is 12.8 Å². The molecule has 1 fully saturated rings. The van der Waals surface area contributed by atoms with Gasteiger partial charge in [0.2, 0.25) is 0 Å². The highest BCUT2D eigenvalue weighted by molar-refractivity contribution is 7.99. The third kappa shape index (κ3) is 5.03. The normalized spacial score (nSPS) is 17.2. The van der Waals surface area contributed by atoms with Crippen LogP contribution in [-0.4, -0.2) is 40.7 Å². The molecule has 106 valence electrons. The van der Waals surface area contributed by atoms with E-state index in [4.69, 9.17) is 6.42 Å². The second kappa shape index (κ2) is 7.95. The number of rotatable bonds is 6. The molecule has 0 bridgehead atoms. The van der Waals surface area contributed by atoms with Crippen LogP contribution >= 0.6 is 11.8 Å².